The molecule has 0 fully saturated rings. The lowest BCUT2D eigenvalue weighted by Crippen LogP contribution is -2.33. The topological polar surface area (TPSA) is 46.5 Å². The molecule has 0 aromatic heterocycles. The molecule has 90 valence electrons. The van der Waals surface area contributed by atoms with Gasteiger partial charge < -0.3 is 0 Å². The van der Waals surface area contributed by atoms with Crippen molar-refractivity contribution in [1.82, 2.24) is 0 Å². The molecule has 0 saturated carbocycles. The van der Waals surface area contributed by atoms with Gasteiger partial charge in [0.15, 0.2) is 5.78 Å². The highest BCUT2D eigenvalue weighted by molar-refractivity contribution is 5.87. The zero-order valence-corrected chi connectivity index (χ0v) is 10.4. The third-order valence-electron chi connectivity index (χ3n) is 2.53. The molecular weight excluding hydrogens is 214 g/mol. The van der Waals surface area contributed by atoms with E-state index in [2.05, 4.69) is 4.99 Å². The van der Waals surface area contributed by atoms with Crippen molar-refractivity contribution in [2.45, 2.75) is 33.2 Å². The Morgan fingerprint density at radius 2 is 1.88 bits per heavy atom. The highest BCUT2D eigenvalue weighted by Gasteiger charge is 2.30. The van der Waals surface area contributed by atoms with Crippen molar-refractivity contribution in [3.05, 3.63) is 35.9 Å². The lowest BCUT2D eigenvalue weighted by molar-refractivity contribution is -0.121. The first kappa shape index (κ1) is 13.3. The van der Waals surface area contributed by atoms with Gasteiger partial charge in [-0.25, -0.2) is 4.79 Å². The van der Waals surface area contributed by atoms with Gasteiger partial charge in [0.05, 0.1) is 0 Å². The van der Waals surface area contributed by atoms with Crippen LogP contribution in [0, 0.1) is 5.41 Å². The minimum absolute atomic E-state index is 0.0490. The van der Waals surface area contributed by atoms with Crippen LogP contribution in [-0.2, 0) is 16.0 Å². The molecule has 0 bridgehead atoms. The van der Waals surface area contributed by atoms with Gasteiger partial charge in [0.2, 0.25) is 6.08 Å². The van der Waals surface area contributed by atoms with E-state index >= 15 is 0 Å². The predicted molar refractivity (Wildman–Crippen MR) is 66.5 cm³/mol. The fourth-order valence-corrected chi connectivity index (χ4v) is 1.70. The summed E-state index contributed by atoms with van der Waals surface area (Å²) in [6, 6.07) is 8.83. The number of ketones is 1. The van der Waals surface area contributed by atoms with Crippen molar-refractivity contribution in [3.63, 3.8) is 0 Å². The van der Waals surface area contributed by atoms with Crippen molar-refractivity contribution in [1.29, 1.82) is 0 Å². The second kappa shape index (κ2) is 5.55. The summed E-state index contributed by atoms with van der Waals surface area (Å²) >= 11 is 0. The molecule has 0 aliphatic carbocycles. The van der Waals surface area contributed by atoms with E-state index in [1.54, 1.807) is 0 Å². The molecule has 0 N–H and O–H groups in total. The lowest BCUT2D eigenvalue weighted by Gasteiger charge is -2.24. The van der Waals surface area contributed by atoms with Crippen LogP contribution in [-0.4, -0.2) is 17.9 Å². The molecular formula is C14H17NO2. The van der Waals surface area contributed by atoms with E-state index < -0.39 is 6.04 Å². The fourth-order valence-electron chi connectivity index (χ4n) is 1.70. The van der Waals surface area contributed by atoms with Gasteiger partial charge in [0.1, 0.15) is 6.04 Å². The van der Waals surface area contributed by atoms with E-state index in [1.807, 2.05) is 51.1 Å². The number of aliphatic imine (C=N–C) groups is 1. The molecule has 0 aliphatic rings. The smallest absolute Gasteiger partial charge is 0.235 e. The van der Waals surface area contributed by atoms with Crippen LogP contribution in [0.3, 0.4) is 0 Å². The highest BCUT2D eigenvalue weighted by Crippen LogP contribution is 2.23. The fraction of sp³-hybridized carbons (Fsp3) is 0.429. The molecule has 1 aromatic rings. The van der Waals surface area contributed by atoms with Crippen molar-refractivity contribution in [2.75, 3.05) is 0 Å². The van der Waals surface area contributed by atoms with Crippen LogP contribution in [0.5, 0.6) is 0 Å². The number of carbonyl (C=O) groups is 1. The zero-order valence-electron chi connectivity index (χ0n) is 10.4. The largest absolute Gasteiger partial charge is 0.297 e. The maximum absolute atomic E-state index is 12.1. The molecule has 1 aromatic carbocycles. The lowest BCUT2D eigenvalue weighted by atomic mass is 9.83. The minimum atomic E-state index is -0.625. The quantitative estimate of drug-likeness (QED) is 0.590. The Labute approximate surface area is 102 Å². The summed E-state index contributed by atoms with van der Waals surface area (Å²) in [4.78, 5) is 26.1. The molecule has 1 rings (SSSR count). The van der Waals surface area contributed by atoms with Gasteiger partial charge in [-0.15, -0.1) is 0 Å². The molecule has 0 spiro atoms. The first-order valence-corrected chi connectivity index (χ1v) is 5.59. The summed E-state index contributed by atoms with van der Waals surface area (Å²) in [7, 11) is 0. The standard InChI is InChI=1S/C14H17NO2/c1-14(2,3)13(15-10-16)12(17)9-11-7-5-4-6-8-11/h4-8,13H,9H2,1-3H3/t13-/m1/s1. The van der Waals surface area contributed by atoms with E-state index in [0.29, 0.717) is 6.42 Å². The summed E-state index contributed by atoms with van der Waals surface area (Å²) in [5.74, 6) is -0.0490. The van der Waals surface area contributed by atoms with Gasteiger partial charge in [-0.1, -0.05) is 51.1 Å². The van der Waals surface area contributed by atoms with Crippen LogP contribution in [0.1, 0.15) is 26.3 Å². The van der Waals surface area contributed by atoms with Crippen LogP contribution in [0.25, 0.3) is 0 Å². The van der Waals surface area contributed by atoms with E-state index in [-0.39, 0.29) is 11.2 Å². The number of Topliss-reactive ketones (excluding diaryl/α,β-unsaturated/α-hetero) is 1. The highest BCUT2D eigenvalue weighted by atomic mass is 16.1. The molecule has 3 nitrogen and oxygen atoms in total. The summed E-state index contributed by atoms with van der Waals surface area (Å²) in [5, 5.41) is 0. The van der Waals surface area contributed by atoms with E-state index in [0.717, 1.165) is 5.56 Å². The maximum Gasteiger partial charge on any atom is 0.235 e. The Balaban J connectivity index is 2.84. The average molecular weight is 231 g/mol. The molecule has 0 unspecified atom stereocenters. The average Bonchev–Trinajstić information content (AvgIpc) is 2.25. The van der Waals surface area contributed by atoms with E-state index in [4.69, 9.17) is 0 Å². The molecule has 1 atom stereocenters. The minimum Gasteiger partial charge on any atom is -0.297 e. The molecule has 0 amide bonds. The second-order valence-corrected chi connectivity index (χ2v) is 5.12. The Bertz CT molecular complexity index is 425. The Morgan fingerprint density at radius 1 is 1.29 bits per heavy atom. The van der Waals surface area contributed by atoms with Crippen LogP contribution in [0.15, 0.2) is 35.3 Å². The van der Waals surface area contributed by atoms with E-state index in [9.17, 15) is 9.59 Å². The SMILES string of the molecule is CC(C)(C)[C@H](N=C=O)C(=O)Cc1ccccc1. The van der Waals surface area contributed by atoms with Crippen LogP contribution in [0.4, 0.5) is 0 Å². The van der Waals surface area contributed by atoms with Crippen molar-refractivity contribution in [3.8, 4) is 0 Å². The molecule has 3 heteroatoms. The Kier molecular flexibility index (Phi) is 4.36. The van der Waals surface area contributed by atoms with Crippen molar-refractivity contribution >= 4 is 11.9 Å². The van der Waals surface area contributed by atoms with Crippen molar-refractivity contribution < 1.29 is 9.59 Å². The Morgan fingerprint density at radius 3 is 2.35 bits per heavy atom. The summed E-state index contributed by atoms with van der Waals surface area (Å²) in [5.41, 5.74) is 0.580. The van der Waals surface area contributed by atoms with Crippen molar-refractivity contribution in [2.24, 2.45) is 10.4 Å². The monoisotopic (exact) mass is 231 g/mol. The van der Waals surface area contributed by atoms with Crippen LogP contribution >= 0.6 is 0 Å². The van der Waals surface area contributed by atoms with Crippen LogP contribution < -0.4 is 0 Å². The zero-order chi connectivity index (χ0) is 12.9. The number of hydrogen-bond donors (Lipinski definition) is 0. The van der Waals surface area contributed by atoms with Gasteiger partial charge in [-0.2, -0.15) is 4.99 Å². The summed E-state index contributed by atoms with van der Waals surface area (Å²) in [6.07, 6.45) is 1.79. The maximum atomic E-state index is 12.1. The number of hydrogen-bond acceptors (Lipinski definition) is 3. The van der Waals surface area contributed by atoms with Gasteiger partial charge >= 0.3 is 0 Å². The molecule has 17 heavy (non-hydrogen) atoms. The first-order valence-electron chi connectivity index (χ1n) is 5.59. The van der Waals surface area contributed by atoms with Gasteiger partial charge in [0, 0.05) is 6.42 Å². The summed E-state index contributed by atoms with van der Waals surface area (Å²) in [6.45, 7) is 5.67. The molecule has 0 heterocycles. The third-order valence-corrected chi connectivity index (χ3v) is 2.53. The molecule has 0 aliphatic heterocycles. The third kappa shape index (κ3) is 3.97. The predicted octanol–water partition coefficient (Wildman–Crippen LogP) is 2.55. The molecule has 0 radical (unpaired) electrons. The number of nitrogens with zero attached hydrogens (tertiary/aromatic N) is 1. The number of benzene rings is 1. The Hall–Kier alpha value is -1.73. The number of carbonyl (C=O) groups excluding carboxylic acids is 2. The van der Waals surface area contributed by atoms with Crippen LogP contribution in [0.2, 0.25) is 0 Å². The second-order valence-electron chi connectivity index (χ2n) is 5.12. The number of isocyanates is 1. The number of rotatable bonds is 4. The van der Waals surface area contributed by atoms with Gasteiger partial charge in [-0.3, -0.25) is 4.79 Å². The van der Waals surface area contributed by atoms with E-state index in [1.165, 1.54) is 6.08 Å². The molecule has 0 saturated heterocycles. The van der Waals surface area contributed by atoms with Gasteiger partial charge in [-0.05, 0) is 11.0 Å². The van der Waals surface area contributed by atoms with Gasteiger partial charge in [0.25, 0.3) is 0 Å². The first-order chi connectivity index (χ1) is 7.95. The summed E-state index contributed by atoms with van der Waals surface area (Å²) < 4.78 is 0. The normalized spacial score (nSPS) is 12.6.